The second kappa shape index (κ2) is 6.51. The molecule has 0 aromatic carbocycles. The molecule has 1 aromatic heterocycles. The number of hydrogen-bond acceptors (Lipinski definition) is 6. The highest BCUT2D eigenvalue weighted by Gasteiger charge is 2.35. The number of carbonyl (C=O) groups is 1. The van der Waals surface area contributed by atoms with E-state index in [2.05, 4.69) is 6.92 Å². The molecule has 1 saturated heterocycles. The third-order valence-electron chi connectivity index (χ3n) is 4.11. The Morgan fingerprint density at radius 2 is 2.09 bits per heavy atom. The van der Waals surface area contributed by atoms with Gasteiger partial charge in [0.2, 0.25) is 10.0 Å². The standard InChI is InChI=1S/C14H19NO4S3/c1-10-8-11(10)9-19-14(16)13-12(2-5-21-13)22(17,18)15-3-6-20-7-4-15/h2,5,10-11H,3-4,6-9H2,1H3/t10-,11-/m1/s1. The van der Waals surface area contributed by atoms with Gasteiger partial charge in [0.25, 0.3) is 0 Å². The maximum atomic E-state index is 12.7. The lowest BCUT2D eigenvalue weighted by Gasteiger charge is -2.25. The van der Waals surface area contributed by atoms with E-state index in [1.807, 2.05) is 0 Å². The van der Waals surface area contributed by atoms with Gasteiger partial charge in [0.05, 0.1) is 6.61 Å². The normalized spacial score (nSPS) is 25.9. The molecule has 2 heterocycles. The van der Waals surface area contributed by atoms with Gasteiger partial charge in [-0.25, -0.2) is 13.2 Å². The van der Waals surface area contributed by atoms with Gasteiger partial charge in [-0.1, -0.05) is 6.92 Å². The van der Waals surface area contributed by atoms with Crippen LogP contribution in [0.5, 0.6) is 0 Å². The number of nitrogens with zero attached hydrogens (tertiary/aromatic N) is 1. The van der Waals surface area contributed by atoms with Crippen molar-refractivity contribution >= 4 is 39.1 Å². The zero-order valence-corrected chi connectivity index (χ0v) is 14.8. The molecule has 5 nitrogen and oxygen atoms in total. The molecule has 2 aliphatic rings. The molecule has 0 radical (unpaired) electrons. The van der Waals surface area contributed by atoms with Crippen LogP contribution in [0, 0.1) is 11.8 Å². The van der Waals surface area contributed by atoms with Gasteiger partial charge in [-0.05, 0) is 29.7 Å². The minimum absolute atomic E-state index is 0.0956. The van der Waals surface area contributed by atoms with E-state index in [1.54, 1.807) is 17.1 Å². The summed E-state index contributed by atoms with van der Waals surface area (Å²) in [5.41, 5.74) is 0. The van der Waals surface area contributed by atoms with E-state index in [0.29, 0.717) is 31.5 Å². The van der Waals surface area contributed by atoms with Crippen molar-refractivity contribution < 1.29 is 17.9 Å². The van der Waals surface area contributed by atoms with Crippen molar-refractivity contribution in [2.75, 3.05) is 31.2 Å². The van der Waals surface area contributed by atoms with Crippen LogP contribution in [0.15, 0.2) is 16.3 Å². The first kappa shape index (κ1) is 16.3. The first-order valence-corrected chi connectivity index (χ1v) is 10.8. The highest BCUT2D eigenvalue weighted by molar-refractivity contribution is 7.99. The minimum Gasteiger partial charge on any atom is -0.461 e. The molecule has 0 unspecified atom stereocenters. The van der Waals surface area contributed by atoms with Gasteiger partial charge in [-0.2, -0.15) is 16.1 Å². The summed E-state index contributed by atoms with van der Waals surface area (Å²) in [5, 5.41) is 1.64. The topological polar surface area (TPSA) is 63.7 Å². The van der Waals surface area contributed by atoms with Crippen molar-refractivity contribution in [1.29, 1.82) is 0 Å². The van der Waals surface area contributed by atoms with E-state index in [1.165, 1.54) is 10.4 Å². The Hall–Kier alpha value is -0.570. The number of rotatable bonds is 5. The van der Waals surface area contributed by atoms with Crippen molar-refractivity contribution in [3.05, 3.63) is 16.3 Å². The fraction of sp³-hybridized carbons (Fsp3) is 0.643. The Morgan fingerprint density at radius 1 is 1.41 bits per heavy atom. The van der Waals surface area contributed by atoms with Crippen molar-refractivity contribution in [1.82, 2.24) is 4.31 Å². The lowest BCUT2D eigenvalue weighted by molar-refractivity contribution is 0.0483. The Bertz CT molecular complexity index is 649. The maximum absolute atomic E-state index is 12.7. The molecule has 1 aliphatic heterocycles. The van der Waals surface area contributed by atoms with Crippen molar-refractivity contribution in [2.45, 2.75) is 18.2 Å². The van der Waals surface area contributed by atoms with Crippen LogP contribution in [0.2, 0.25) is 0 Å². The molecule has 0 spiro atoms. The molecule has 1 aliphatic carbocycles. The first-order valence-electron chi connectivity index (χ1n) is 7.32. The van der Waals surface area contributed by atoms with Gasteiger partial charge < -0.3 is 4.74 Å². The predicted molar refractivity (Wildman–Crippen MR) is 88.0 cm³/mol. The summed E-state index contributed by atoms with van der Waals surface area (Å²) in [7, 11) is -3.60. The monoisotopic (exact) mass is 361 g/mol. The van der Waals surface area contributed by atoms with E-state index in [9.17, 15) is 13.2 Å². The third kappa shape index (κ3) is 3.34. The second-order valence-electron chi connectivity index (χ2n) is 5.70. The van der Waals surface area contributed by atoms with Gasteiger partial charge in [0.1, 0.15) is 9.77 Å². The van der Waals surface area contributed by atoms with E-state index >= 15 is 0 Å². The van der Waals surface area contributed by atoms with Crippen molar-refractivity contribution in [2.24, 2.45) is 11.8 Å². The Morgan fingerprint density at radius 3 is 2.73 bits per heavy atom. The molecule has 8 heteroatoms. The summed E-state index contributed by atoms with van der Waals surface area (Å²) in [6.45, 7) is 3.50. The number of carbonyl (C=O) groups excluding carboxylic acids is 1. The van der Waals surface area contributed by atoms with E-state index < -0.39 is 16.0 Å². The Labute approximate surface area is 139 Å². The van der Waals surface area contributed by atoms with E-state index in [0.717, 1.165) is 29.3 Å². The number of hydrogen-bond donors (Lipinski definition) is 0. The van der Waals surface area contributed by atoms with Gasteiger partial charge in [0.15, 0.2) is 0 Å². The number of thiophene rings is 1. The average Bonchev–Trinajstić information content (AvgIpc) is 3.02. The second-order valence-corrected chi connectivity index (χ2v) is 9.75. The van der Waals surface area contributed by atoms with Crippen LogP contribution in [-0.2, 0) is 14.8 Å². The molecular weight excluding hydrogens is 342 g/mol. The number of ether oxygens (including phenoxy) is 1. The molecular formula is C14H19NO4S3. The summed E-state index contributed by atoms with van der Waals surface area (Å²) in [4.78, 5) is 12.5. The lowest BCUT2D eigenvalue weighted by Crippen LogP contribution is -2.38. The molecule has 0 N–H and O–H groups in total. The number of esters is 1. The van der Waals surface area contributed by atoms with E-state index in [4.69, 9.17) is 4.74 Å². The smallest absolute Gasteiger partial charge is 0.349 e. The predicted octanol–water partition coefficient (Wildman–Crippen LogP) is 2.30. The largest absolute Gasteiger partial charge is 0.461 e. The first-order chi connectivity index (χ1) is 10.5. The fourth-order valence-corrected chi connectivity index (χ4v) is 6.31. The van der Waals surface area contributed by atoms with Crippen LogP contribution in [0.25, 0.3) is 0 Å². The third-order valence-corrected chi connectivity index (χ3v) is 8.01. The van der Waals surface area contributed by atoms with Gasteiger partial charge in [0, 0.05) is 24.6 Å². The highest BCUT2D eigenvalue weighted by Crippen LogP contribution is 2.38. The van der Waals surface area contributed by atoms with Crippen LogP contribution in [-0.4, -0.2) is 49.9 Å². The van der Waals surface area contributed by atoms with Crippen molar-refractivity contribution in [3.63, 3.8) is 0 Å². The SMILES string of the molecule is C[C@@H]1C[C@@H]1COC(=O)c1sccc1S(=O)(=O)N1CCSCC1. The molecule has 22 heavy (non-hydrogen) atoms. The summed E-state index contributed by atoms with van der Waals surface area (Å²) < 4.78 is 32.1. The van der Waals surface area contributed by atoms with E-state index in [-0.39, 0.29) is 9.77 Å². The highest BCUT2D eigenvalue weighted by atomic mass is 32.2. The molecule has 2 fully saturated rings. The van der Waals surface area contributed by atoms with Crippen LogP contribution in [0.3, 0.4) is 0 Å². The molecule has 2 atom stereocenters. The van der Waals surface area contributed by atoms with Crippen molar-refractivity contribution in [3.8, 4) is 0 Å². The summed E-state index contributed by atoms with van der Waals surface area (Å²) in [6.07, 6.45) is 1.08. The Balaban J connectivity index is 1.74. The molecule has 3 rings (SSSR count). The quantitative estimate of drug-likeness (QED) is 0.753. The van der Waals surface area contributed by atoms with Gasteiger partial charge in [-0.15, -0.1) is 11.3 Å². The van der Waals surface area contributed by atoms with Gasteiger partial charge in [-0.3, -0.25) is 0 Å². The average molecular weight is 362 g/mol. The summed E-state index contributed by atoms with van der Waals surface area (Å²) in [5.74, 6) is 2.11. The zero-order valence-electron chi connectivity index (χ0n) is 12.4. The molecule has 1 aromatic rings. The van der Waals surface area contributed by atoms with Crippen LogP contribution in [0.4, 0.5) is 0 Å². The maximum Gasteiger partial charge on any atom is 0.349 e. The number of sulfonamides is 1. The van der Waals surface area contributed by atoms with Crippen LogP contribution in [0.1, 0.15) is 23.0 Å². The summed E-state index contributed by atoms with van der Waals surface area (Å²) in [6, 6.07) is 1.51. The molecule has 1 saturated carbocycles. The van der Waals surface area contributed by atoms with Crippen LogP contribution < -0.4 is 0 Å². The molecule has 122 valence electrons. The fourth-order valence-electron chi connectivity index (χ4n) is 2.46. The lowest BCUT2D eigenvalue weighted by atomic mass is 10.4. The molecule has 0 amide bonds. The Kier molecular flexibility index (Phi) is 4.82. The van der Waals surface area contributed by atoms with Crippen LogP contribution >= 0.6 is 23.1 Å². The minimum atomic E-state index is -3.60. The summed E-state index contributed by atoms with van der Waals surface area (Å²) >= 11 is 2.88. The zero-order chi connectivity index (χ0) is 15.7. The number of thioether (sulfide) groups is 1. The molecule has 0 bridgehead atoms. The van der Waals surface area contributed by atoms with Gasteiger partial charge >= 0.3 is 5.97 Å².